The third kappa shape index (κ3) is 7.53. The zero-order valence-electron chi connectivity index (χ0n) is 20.3. The van der Waals surface area contributed by atoms with E-state index in [0.29, 0.717) is 62.7 Å². The van der Waals surface area contributed by atoms with Gasteiger partial charge in [-0.3, -0.25) is 0 Å². The number of carbonyl (C=O) groups excluding carboxylic acids is 2. The second-order valence-corrected chi connectivity index (χ2v) is 9.49. The Hall–Kier alpha value is -2.94. The Kier molecular flexibility index (Phi) is 8.15. The van der Waals surface area contributed by atoms with Gasteiger partial charge in [-0.05, 0) is 67.6 Å². The van der Waals surface area contributed by atoms with Crippen LogP contribution in [0.3, 0.4) is 0 Å². The van der Waals surface area contributed by atoms with E-state index >= 15 is 0 Å². The number of epoxide rings is 2. The monoisotopic (exact) mass is 496 g/mol. The quantitative estimate of drug-likeness (QED) is 0.320. The Morgan fingerprint density at radius 2 is 1.28 bits per heavy atom. The van der Waals surface area contributed by atoms with Crippen molar-refractivity contribution in [3.8, 4) is 5.75 Å². The Morgan fingerprint density at radius 1 is 0.750 bits per heavy atom. The molecule has 0 aromatic heterocycles. The molecular formula is C28H32O8. The van der Waals surface area contributed by atoms with E-state index in [-0.39, 0.29) is 30.3 Å². The highest BCUT2D eigenvalue weighted by atomic mass is 16.6. The van der Waals surface area contributed by atoms with Gasteiger partial charge in [0.1, 0.15) is 24.1 Å². The van der Waals surface area contributed by atoms with Gasteiger partial charge in [0.05, 0.1) is 50.3 Å². The van der Waals surface area contributed by atoms with E-state index in [1.54, 1.807) is 36.4 Å². The second kappa shape index (κ2) is 11.9. The van der Waals surface area contributed by atoms with Crippen LogP contribution in [0.1, 0.15) is 58.4 Å². The first kappa shape index (κ1) is 24.7. The molecule has 1 saturated carbocycles. The number of benzene rings is 2. The summed E-state index contributed by atoms with van der Waals surface area (Å²) in [4.78, 5) is 25.1. The third-order valence-electron chi connectivity index (χ3n) is 6.53. The maximum Gasteiger partial charge on any atom is 0.338 e. The molecule has 2 unspecified atom stereocenters. The molecule has 0 spiro atoms. The van der Waals surface area contributed by atoms with Gasteiger partial charge in [-0.1, -0.05) is 12.1 Å². The largest absolute Gasteiger partial charge is 0.493 e. The van der Waals surface area contributed by atoms with E-state index in [1.165, 1.54) is 0 Å². The van der Waals surface area contributed by atoms with Crippen molar-refractivity contribution in [1.82, 2.24) is 0 Å². The molecule has 2 aliphatic heterocycles. The third-order valence-corrected chi connectivity index (χ3v) is 6.53. The molecule has 0 bridgehead atoms. The van der Waals surface area contributed by atoms with Gasteiger partial charge in [-0.15, -0.1) is 0 Å². The highest BCUT2D eigenvalue weighted by molar-refractivity contribution is 5.90. The zero-order chi connectivity index (χ0) is 24.7. The maximum absolute atomic E-state index is 12.5. The van der Waals surface area contributed by atoms with Crippen molar-refractivity contribution in [1.29, 1.82) is 0 Å². The van der Waals surface area contributed by atoms with Crippen LogP contribution in [0.15, 0.2) is 48.5 Å². The summed E-state index contributed by atoms with van der Waals surface area (Å²) >= 11 is 0. The van der Waals surface area contributed by atoms with Gasteiger partial charge in [0.2, 0.25) is 0 Å². The molecule has 3 aliphatic rings. The molecule has 3 fully saturated rings. The summed E-state index contributed by atoms with van der Waals surface area (Å²) in [6, 6.07) is 14.3. The minimum absolute atomic E-state index is 0.175. The van der Waals surface area contributed by atoms with Crippen molar-refractivity contribution in [3.63, 3.8) is 0 Å². The first-order chi connectivity index (χ1) is 17.6. The summed E-state index contributed by atoms with van der Waals surface area (Å²) in [7, 11) is 0. The molecule has 1 aliphatic carbocycles. The number of hydrogen-bond acceptors (Lipinski definition) is 8. The fourth-order valence-corrected chi connectivity index (χ4v) is 4.15. The molecule has 8 nitrogen and oxygen atoms in total. The van der Waals surface area contributed by atoms with Crippen molar-refractivity contribution < 1.29 is 38.0 Å². The van der Waals surface area contributed by atoms with Gasteiger partial charge in [-0.25, -0.2) is 9.59 Å². The molecule has 36 heavy (non-hydrogen) atoms. The van der Waals surface area contributed by atoms with Crippen molar-refractivity contribution in [2.45, 2.75) is 63.1 Å². The van der Waals surface area contributed by atoms with E-state index < -0.39 is 0 Å². The molecule has 2 heterocycles. The van der Waals surface area contributed by atoms with Crippen LogP contribution in [0, 0.1) is 0 Å². The number of esters is 2. The van der Waals surface area contributed by atoms with Crippen LogP contribution in [0.2, 0.25) is 0 Å². The second-order valence-electron chi connectivity index (χ2n) is 9.49. The molecule has 2 aromatic carbocycles. The van der Waals surface area contributed by atoms with Crippen molar-refractivity contribution in [3.05, 3.63) is 65.2 Å². The lowest BCUT2D eigenvalue weighted by Gasteiger charge is -2.28. The highest BCUT2D eigenvalue weighted by Gasteiger charge is 2.27. The summed E-state index contributed by atoms with van der Waals surface area (Å²) in [5.41, 5.74) is 2.02. The van der Waals surface area contributed by atoms with Gasteiger partial charge in [0.25, 0.3) is 0 Å². The number of rotatable bonds is 12. The Balaban J connectivity index is 0.999. The van der Waals surface area contributed by atoms with Gasteiger partial charge < -0.3 is 28.4 Å². The average molecular weight is 497 g/mol. The highest BCUT2D eigenvalue weighted by Crippen LogP contribution is 2.26. The fraction of sp³-hybridized carbons (Fsp3) is 0.500. The van der Waals surface area contributed by atoms with Crippen LogP contribution in [0.4, 0.5) is 0 Å². The first-order valence-electron chi connectivity index (χ1n) is 12.7. The van der Waals surface area contributed by atoms with E-state index in [1.807, 2.05) is 12.1 Å². The van der Waals surface area contributed by atoms with Gasteiger partial charge >= 0.3 is 11.9 Å². The van der Waals surface area contributed by atoms with E-state index in [9.17, 15) is 9.59 Å². The summed E-state index contributed by atoms with van der Waals surface area (Å²) in [5, 5.41) is 0. The lowest BCUT2D eigenvalue weighted by Crippen LogP contribution is -2.29. The Morgan fingerprint density at radius 3 is 1.81 bits per heavy atom. The standard InChI is InChI=1S/C28H32O8/c29-27(20-3-1-19(2-4-20)15-31-16-26-18-34-26)35-23-9-11-24(12-10-23)36-28(30)21-5-7-22(8-6-21)32-14-13-25-17-33-25/h1-8,23-26H,9-18H2. The molecule has 2 saturated heterocycles. The van der Waals surface area contributed by atoms with Crippen molar-refractivity contribution in [2.24, 2.45) is 0 Å². The number of carbonyl (C=O) groups is 2. The molecular weight excluding hydrogens is 464 g/mol. The van der Waals surface area contributed by atoms with Gasteiger partial charge in [0, 0.05) is 6.42 Å². The summed E-state index contributed by atoms with van der Waals surface area (Å²) in [6.07, 6.45) is 3.75. The van der Waals surface area contributed by atoms with Crippen LogP contribution in [0.25, 0.3) is 0 Å². The topological polar surface area (TPSA) is 96.1 Å². The maximum atomic E-state index is 12.5. The predicted molar refractivity (Wildman–Crippen MR) is 129 cm³/mol. The van der Waals surface area contributed by atoms with E-state index in [4.69, 9.17) is 28.4 Å². The average Bonchev–Trinajstić information content (AvgIpc) is 3.82. The van der Waals surface area contributed by atoms with Crippen molar-refractivity contribution >= 4 is 11.9 Å². The molecule has 192 valence electrons. The Bertz CT molecular complexity index is 919. The lowest BCUT2D eigenvalue weighted by molar-refractivity contribution is -0.0108. The minimum atomic E-state index is -0.345. The minimum Gasteiger partial charge on any atom is -0.493 e. The van der Waals surface area contributed by atoms with Gasteiger partial charge in [0.15, 0.2) is 0 Å². The number of hydrogen-bond donors (Lipinski definition) is 0. The molecule has 5 rings (SSSR count). The zero-order valence-corrected chi connectivity index (χ0v) is 20.3. The lowest BCUT2D eigenvalue weighted by atomic mass is 9.95. The van der Waals surface area contributed by atoms with Crippen LogP contribution in [-0.2, 0) is 30.3 Å². The molecule has 2 aromatic rings. The molecule has 2 atom stereocenters. The summed E-state index contributed by atoms with van der Waals surface area (Å²) < 4.78 is 32.9. The van der Waals surface area contributed by atoms with Crippen LogP contribution >= 0.6 is 0 Å². The summed E-state index contributed by atoms with van der Waals surface area (Å²) in [5.74, 6) is 0.0459. The SMILES string of the molecule is O=C(OC1CCC(OC(=O)c2ccc(OCCC3CO3)cc2)CC1)c1ccc(COCC2CO2)cc1. The van der Waals surface area contributed by atoms with Crippen LogP contribution < -0.4 is 4.74 Å². The van der Waals surface area contributed by atoms with Crippen molar-refractivity contribution in [2.75, 3.05) is 26.4 Å². The predicted octanol–water partition coefficient (Wildman–Crippen LogP) is 4.09. The Labute approximate surface area is 210 Å². The molecule has 0 amide bonds. The smallest absolute Gasteiger partial charge is 0.338 e. The molecule has 8 heteroatoms. The van der Waals surface area contributed by atoms with Gasteiger partial charge in [-0.2, -0.15) is 0 Å². The summed E-state index contributed by atoms with van der Waals surface area (Å²) in [6.45, 7) is 3.28. The number of ether oxygens (including phenoxy) is 6. The van der Waals surface area contributed by atoms with Crippen LogP contribution in [-0.4, -0.2) is 62.8 Å². The molecule has 0 N–H and O–H groups in total. The first-order valence-corrected chi connectivity index (χ1v) is 12.7. The fourth-order valence-electron chi connectivity index (χ4n) is 4.15. The normalized spacial score (nSPS) is 24.6. The van der Waals surface area contributed by atoms with E-state index in [2.05, 4.69) is 0 Å². The molecule has 0 radical (unpaired) electrons. The van der Waals surface area contributed by atoms with Crippen LogP contribution in [0.5, 0.6) is 5.75 Å². The van der Waals surface area contributed by atoms with E-state index in [0.717, 1.165) is 30.9 Å².